The second-order valence-electron chi connectivity index (χ2n) is 12.1. The number of hydrogen-bond donors (Lipinski definition) is 1. The first-order valence-electron chi connectivity index (χ1n) is 14.9. The van der Waals surface area contributed by atoms with E-state index >= 15 is 0 Å². The van der Waals surface area contributed by atoms with Crippen molar-refractivity contribution in [3.8, 4) is 0 Å². The molecule has 0 bridgehead atoms. The van der Waals surface area contributed by atoms with Crippen LogP contribution in [0.25, 0.3) is 5.65 Å². The summed E-state index contributed by atoms with van der Waals surface area (Å²) in [7, 11) is 0. The largest absolute Gasteiger partial charge is 0.480 e. The van der Waals surface area contributed by atoms with Gasteiger partial charge in [0.2, 0.25) is 0 Å². The lowest BCUT2D eigenvalue weighted by molar-refractivity contribution is -0.144. The Kier molecular flexibility index (Phi) is 7.72. The van der Waals surface area contributed by atoms with Crippen molar-refractivity contribution in [2.24, 2.45) is 11.8 Å². The summed E-state index contributed by atoms with van der Waals surface area (Å²) in [6.45, 7) is 6.58. The van der Waals surface area contributed by atoms with Gasteiger partial charge in [0.25, 0.3) is 0 Å². The zero-order valence-corrected chi connectivity index (χ0v) is 23.0. The van der Waals surface area contributed by atoms with Gasteiger partial charge < -0.3 is 14.4 Å². The maximum Gasteiger partial charge on any atom is 0.320 e. The quantitative estimate of drug-likeness (QED) is 0.390. The number of rotatable bonds is 9. The topological polar surface area (TPSA) is 61.1 Å². The number of piperidine rings is 1. The van der Waals surface area contributed by atoms with Gasteiger partial charge in [-0.2, -0.15) is 0 Å². The van der Waals surface area contributed by atoms with Gasteiger partial charge in [-0.15, -0.1) is 0 Å². The van der Waals surface area contributed by atoms with Gasteiger partial charge in [-0.1, -0.05) is 38.3 Å². The van der Waals surface area contributed by atoms with Gasteiger partial charge in [-0.3, -0.25) is 9.69 Å². The Hall–Kier alpha value is -2.77. The van der Waals surface area contributed by atoms with Gasteiger partial charge in [0.15, 0.2) is 0 Å². The van der Waals surface area contributed by atoms with Gasteiger partial charge in [-0.25, -0.2) is 9.37 Å². The monoisotopic (exact) mass is 532 g/mol. The molecule has 1 saturated carbocycles. The third-order valence-electron chi connectivity index (χ3n) is 9.77. The summed E-state index contributed by atoms with van der Waals surface area (Å²) in [5.41, 5.74) is 4.65. The summed E-state index contributed by atoms with van der Waals surface area (Å²) in [6, 6.07) is 10.9. The number of aliphatic carboxylic acids is 1. The van der Waals surface area contributed by atoms with Gasteiger partial charge in [0, 0.05) is 49.6 Å². The first kappa shape index (κ1) is 26.5. The summed E-state index contributed by atoms with van der Waals surface area (Å²) in [5.74, 6) is 0.532. The number of fused-ring (bicyclic) bond motifs is 1. The number of imidazole rings is 1. The highest BCUT2D eigenvalue weighted by Crippen LogP contribution is 2.39. The van der Waals surface area contributed by atoms with Gasteiger partial charge >= 0.3 is 5.97 Å². The fraction of sp³-hybridized carbons (Fsp3) is 0.562. The highest BCUT2D eigenvalue weighted by molar-refractivity contribution is 5.73. The lowest BCUT2D eigenvalue weighted by atomic mass is 9.80. The Morgan fingerprint density at radius 2 is 1.95 bits per heavy atom. The van der Waals surface area contributed by atoms with E-state index in [0.29, 0.717) is 18.4 Å². The lowest BCUT2D eigenvalue weighted by Gasteiger charge is -2.35. The molecule has 6 rings (SSSR count). The summed E-state index contributed by atoms with van der Waals surface area (Å²) < 4.78 is 16.5. The van der Waals surface area contributed by atoms with Crippen molar-refractivity contribution in [1.29, 1.82) is 0 Å². The molecule has 1 unspecified atom stereocenters. The summed E-state index contributed by atoms with van der Waals surface area (Å²) in [5, 5.41) is 10.1. The second kappa shape index (κ2) is 11.4. The molecule has 1 aromatic carbocycles. The molecule has 3 fully saturated rings. The summed E-state index contributed by atoms with van der Waals surface area (Å²) in [4.78, 5) is 21.7. The van der Waals surface area contributed by atoms with Crippen molar-refractivity contribution in [2.75, 3.05) is 32.7 Å². The van der Waals surface area contributed by atoms with E-state index in [2.05, 4.69) is 45.7 Å². The minimum Gasteiger partial charge on any atom is -0.480 e. The average molecular weight is 533 g/mol. The number of carboxylic acids is 1. The molecule has 0 amide bonds. The van der Waals surface area contributed by atoms with E-state index in [-0.39, 0.29) is 17.7 Å². The number of aromatic nitrogens is 2. The molecule has 1 N–H and O–H groups in total. The first-order chi connectivity index (χ1) is 19.0. The SMILES string of the molecule is CCc1ccn2c(C3CCN(CC4CN([C@H](CC5CCC5)C(=O)O)C[C@@H]4c4cccc(F)c4)CC3)cnc2c1. The van der Waals surface area contributed by atoms with Crippen molar-refractivity contribution < 1.29 is 14.3 Å². The van der Waals surface area contributed by atoms with Crippen LogP contribution in [-0.2, 0) is 11.2 Å². The van der Waals surface area contributed by atoms with Crippen LogP contribution in [0.2, 0.25) is 0 Å². The van der Waals surface area contributed by atoms with Crippen LogP contribution in [0.4, 0.5) is 4.39 Å². The number of likely N-dealkylation sites (tertiary alicyclic amines) is 2. The van der Waals surface area contributed by atoms with Crippen LogP contribution in [0, 0.1) is 17.7 Å². The molecule has 0 radical (unpaired) electrons. The molecule has 3 atom stereocenters. The number of benzene rings is 1. The van der Waals surface area contributed by atoms with Crippen molar-refractivity contribution in [3.63, 3.8) is 0 Å². The lowest BCUT2D eigenvalue weighted by Crippen LogP contribution is -2.43. The van der Waals surface area contributed by atoms with Crippen molar-refractivity contribution in [3.05, 3.63) is 71.4 Å². The molecule has 208 valence electrons. The number of carboxylic acid groups (broad SMARTS) is 1. The van der Waals surface area contributed by atoms with Gasteiger partial charge in [-0.05, 0) is 86.0 Å². The second-order valence-corrected chi connectivity index (χ2v) is 12.1. The van der Waals surface area contributed by atoms with Crippen LogP contribution >= 0.6 is 0 Å². The predicted octanol–water partition coefficient (Wildman–Crippen LogP) is 5.57. The molecule has 3 aromatic rings. The number of aryl methyl sites for hydroxylation is 1. The van der Waals surface area contributed by atoms with E-state index in [1.54, 1.807) is 12.1 Å². The summed E-state index contributed by atoms with van der Waals surface area (Å²) >= 11 is 0. The summed E-state index contributed by atoms with van der Waals surface area (Å²) in [6.07, 6.45) is 11.7. The van der Waals surface area contributed by atoms with Crippen molar-refractivity contribution in [1.82, 2.24) is 19.2 Å². The molecule has 3 aliphatic rings. The van der Waals surface area contributed by atoms with E-state index in [1.807, 2.05) is 6.07 Å². The van der Waals surface area contributed by atoms with Crippen LogP contribution in [0.3, 0.4) is 0 Å². The van der Waals surface area contributed by atoms with Crippen LogP contribution in [0.15, 0.2) is 48.8 Å². The third-order valence-corrected chi connectivity index (χ3v) is 9.77. The Labute approximate surface area is 230 Å². The molecule has 0 spiro atoms. The molecule has 6 nitrogen and oxygen atoms in total. The van der Waals surface area contributed by atoms with E-state index in [4.69, 9.17) is 4.98 Å². The van der Waals surface area contributed by atoms with E-state index in [9.17, 15) is 14.3 Å². The molecular formula is C32H41FN4O2. The maximum absolute atomic E-state index is 14.2. The molecule has 4 heterocycles. The zero-order chi connectivity index (χ0) is 26.9. The highest BCUT2D eigenvalue weighted by atomic mass is 19.1. The molecular weight excluding hydrogens is 491 g/mol. The predicted molar refractivity (Wildman–Crippen MR) is 151 cm³/mol. The smallest absolute Gasteiger partial charge is 0.320 e. The number of carbonyl (C=O) groups is 1. The maximum atomic E-state index is 14.2. The van der Waals surface area contributed by atoms with Gasteiger partial charge in [0.05, 0.1) is 0 Å². The Morgan fingerprint density at radius 3 is 2.64 bits per heavy atom. The molecule has 7 heteroatoms. The fourth-order valence-electron chi connectivity index (χ4n) is 7.22. The number of pyridine rings is 1. The minimum absolute atomic E-state index is 0.146. The average Bonchev–Trinajstić information content (AvgIpc) is 3.52. The Morgan fingerprint density at radius 1 is 1.13 bits per heavy atom. The normalized spacial score (nSPS) is 24.3. The van der Waals surface area contributed by atoms with Gasteiger partial charge in [0.1, 0.15) is 17.5 Å². The first-order valence-corrected chi connectivity index (χ1v) is 14.9. The fourth-order valence-corrected chi connectivity index (χ4v) is 7.22. The zero-order valence-electron chi connectivity index (χ0n) is 23.0. The van der Waals surface area contributed by atoms with Crippen LogP contribution < -0.4 is 0 Å². The minimum atomic E-state index is -0.708. The standard InChI is InChI=1S/C32H41FN4O2/c1-2-22-9-14-37-30(18-34-31(37)16-22)24-10-12-35(13-11-24)19-26-20-36(29(32(38)39)15-23-5-3-6-23)21-28(26)25-7-4-8-27(33)17-25/h4,7-9,14,16-18,23-24,26,28-29H,2-3,5-6,10-13,15,19-21H2,1H3,(H,38,39)/t26?,28-,29-/m1/s1. The van der Waals surface area contributed by atoms with Crippen molar-refractivity contribution in [2.45, 2.75) is 69.7 Å². The molecule has 1 aliphatic carbocycles. The van der Waals surface area contributed by atoms with Crippen LogP contribution in [0.1, 0.15) is 74.1 Å². The van der Waals surface area contributed by atoms with Crippen LogP contribution in [0.5, 0.6) is 0 Å². The molecule has 2 aromatic heterocycles. The van der Waals surface area contributed by atoms with Crippen LogP contribution in [-0.4, -0.2) is 69.0 Å². The van der Waals surface area contributed by atoms with E-state index in [1.165, 1.54) is 23.7 Å². The number of nitrogens with zero attached hydrogens (tertiary/aromatic N) is 4. The Bertz CT molecular complexity index is 1300. The molecule has 2 saturated heterocycles. The number of hydrogen-bond acceptors (Lipinski definition) is 4. The van der Waals surface area contributed by atoms with E-state index < -0.39 is 12.0 Å². The third kappa shape index (κ3) is 5.62. The molecule has 2 aliphatic heterocycles. The Balaban J connectivity index is 1.14. The van der Waals surface area contributed by atoms with E-state index in [0.717, 1.165) is 75.9 Å². The number of halogens is 1. The van der Waals surface area contributed by atoms with Crippen molar-refractivity contribution >= 4 is 11.6 Å². The highest BCUT2D eigenvalue weighted by Gasteiger charge is 2.41. The molecule has 39 heavy (non-hydrogen) atoms.